The summed E-state index contributed by atoms with van der Waals surface area (Å²) in [5.74, 6) is -0.528. The third-order valence-electron chi connectivity index (χ3n) is 3.40. The third kappa shape index (κ3) is 4.04. The summed E-state index contributed by atoms with van der Waals surface area (Å²) >= 11 is 1.31. The Labute approximate surface area is 139 Å². The number of nitrogens with one attached hydrogen (secondary N) is 1. The van der Waals surface area contributed by atoms with Crippen LogP contribution in [-0.2, 0) is 14.4 Å². The molecule has 1 N–H and O–H groups in total. The molecule has 0 aliphatic carbocycles. The monoisotopic (exact) mass is 336 g/mol. The molecule has 1 saturated heterocycles. The van der Waals surface area contributed by atoms with Gasteiger partial charge in [-0.2, -0.15) is 0 Å². The summed E-state index contributed by atoms with van der Waals surface area (Å²) in [5.41, 5.74) is 0.520. The maximum atomic E-state index is 12.2. The highest BCUT2D eigenvalue weighted by Crippen LogP contribution is 2.27. The number of anilines is 1. The van der Waals surface area contributed by atoms with Gasteiger partial charge in [-0.15, -0.1) is 11.8 Å². The minimum Gasteiger partial charge on any atom is -0.492 e. The molecule has 7 heteroatoms. The molecule has 3 amide bonds. The lowest BCUT2D eigenvalue weighted by molar-refractivity contribution is -0.147. The maximum absolute atomic E-state index is 12.2. The van der Waals surface area contributed by atoms with E-state index in [4.69, 9.17) is 4.74 Å². The molecule has 1 aromatic carbocycles. The van der Waals surface area contributed by atoms with Crippen LogP contribution in [-0.4, -0.2) is 46.3 Å². The van der Waals surface area contributed by atoms with Gasteiger partial charge in [-0.3, -0.25) is 19.3 Å². The molecule has 6 nitrogen and oxygen atoms in total. The highest BCUT2D eigenvalue weighted by Gasteiger charge is 2.38. The Morgan fingerprint density at radius 3 is 2.43 bits per heavy atom. The van der Waals surface area contributed by atoms with Crippen molar-refractivity contribution in [2.75, 3.05) is 18.5 Å². The third-order valence-corrected chi connectivity index (χ3v) is 4.62. The number of para-hydroxylation sites is 2. The van der Waals surface area contributed by atoms with Gasteiger partial charge >= 0.3 is 0 Å². The fourth-order valence-corrected chi connectivity index (χ4v) is 3.41. The topological polar surface area (TPSA) is 75.7 Å². The van der Waals surface area contributed by atoms with Gasteiger partial charge in [0.1, 0.15) is 12.3 Å². The van der Waals surface area contributed by atoms with E-state index in [1.54, 1.807) is 38.1 Å². The molecule has 1 aromatic rings. The summed E-state index contributed by atoms with van der Waals surface area (Å²) in [6.07, 6.45) is 0. The molecular weight excluding hydrogens is 316 g/mol. The minimum absolute atomic E-state index is 0.284. The van der Waals surface area contributed by atoms with Crippen LogP contribution in [0.1, 0.15) is 20.8 Å². The molecular formula is C16H20N2O4S. The Bertz CT molecular complexity index is 600. The van der Waals surface area contributed by atoms with E-state index in [1.165, 1.54) is 11.8 Å². The van der Waals surface area contributed by atoms with Crippen LogP contribution < -0.4 is 10.1 Å². The van der Waals surface area contributed by atoms with Crippen LogP contribution >= 0.6 is 11.8 Å². The van der Waals surface area contributed by atoms with Crippen molar-refractivity contribution < 1.29 is 19.1 Å². The molecule has 0 aromatic heterocycles. The van der Waals surface area contributed by atoms with Gasteiger partial charge < -0.3 is 10.1 Å². The highest BCUT2D eigenvalue weighted by molar-refractivity contribution is 8.02. The minimum atomic E-state index is -0.426. The van der Waals surface area contributed by atoms with Crippen LogP contribution in [0.25, 0.3) is 0 Å². The van der Waals surface area contributed by atoms with E-state index in [2.05, 4.69) is 5.32 Å². The smallest absolute Gasteiger partial charge is 0.244 e. The van der Waals surface area contributed by atoms with Crippen molar-refractivity contribution in [3.8, 4) is 5.75 Å². The second-order valence-electron chi connectivity index (χ2n) is 5.16. The number of hydrogen-bond donors (Lipinski definition) is 1. The molecule has 1 aliphatic rings. The number of benzene rings is 1. The Morgan fingerprint density at radius 2 is 1.83 bits per heavy atom. The van der Waals surface area contributed by atoms with Gasteiger partial charge in [-0.1, -0.05) is 12.1 Å². The van der Waals surface area contributed by atoms with Crippen LogP contribution in [0, 0.1) is 0 Å². The maximum Gasteiger partial charge on any atom is 0.244 e. The number of carbonyl (C=O) groups excluding carboxylic acids is 3. The molecule has 1 heterocycles. The van der Waals surface area contributed by atoms with Crippen molar-refractivity contribution in [1.29, 1.82) is 0 Å². The zero-order valence-electron chi connectivity index (χ0n) is 13.4. The van der Waals surface area contributed by atoms with Crippen molar-refractivity contribution in [3.63, 3.8) is 0 Å². The number of amides is 3. The number of rotatable bonds is 5. The van der Waals surface area contributed by atoms with E-state index < -0.39 is 5.91 Å². The zero-order chi connectivity index (χ0) is 17.0. The molecule has 0 spiro atoms. The molecule has 1 fully saturated rings. The average Bonchev–Trinajstić information content (AvgIpc) is 2.52. The summed E-state index contributed by atoms with van der Waals surface area (Å²) < 4.78 is 5.44. The standard InChI is InChI=1S/C16H20N2O4S/c1-4-22-13-8-6-5-7-12(13)17-14(19)9-18-15(20)10(2)23-11(3)16(18)21/h5-8,10-11H,4,9H2,1-3H3,(H,17,19)/t10-,11-/m1/s1. The molecule has 23 heavy (non-hydrogen) atoms. The van der Waals surface area contributed by atoms with Crippen molar-refractivity contribution in [2.45, 2.75) is 31.3 Å². The molecule has 1 aliphatic heterocycles. The molecule has 124 valence electrons. The van der Waals surface area contributed by atoms with Crippen LogP contribution in [0.3, 0.4) is 0 Å². The van der Waals surface area contributed by atoms with Crippen molar-refractivity contribution in [3.05, 3.63) is 24.3 Å². The number of hydrogen-bond acceptors (Lipinski definition) is 5. The molecule has 0 radical (unpaired) electrons. The van der Waals surface area contributed by atoms with Gasteiger partial charge in [0.25, 0.3) is 0 Å². The molecule has 2 rings (SSSR count). The van der Waals surface area contributed by atoms with E-state index in [9.17, 15) is 14.4 Å². The Balaban J connectivity index is 2.07. The summed E-state index contributed by atoms with van der Waals surface area (Å²) in [6.45, 7) is 5.52. The second kappa shape index (κ2) is 7.50. The SMILES string of the molecule is CCOc1ccccc1NC(=O)CN1C(=O)[C@@H](C)S[C@H](C)C1=O. The fourth-order valence-electron chi connectivity index (χ4n) is 2.31. The van der Waals surface area contributed by atoms with Gasteiger partial charge in [0.2, 0.25) is 17.7 Å². The van der Waals surface area contributed by atoms with Crippen molar-refractivity contribution in [2.24, 2.45) is 0 Å². The van der Waals surface area contributed by atoms with E-state index in [0.29, 0.717) is 18.0 Å². The quantitative estimate of drug-likeness (QED) is 0.831. The number of imide groups is 1. The fraction of sp³-hybridized carbons (Fsp3) is 0.438. The van der Waals surface area contributed by atoms with Gasteiger partial charge in [-0.05, 0) is 32.9 Å². The van der Waals surface area contributed by atoms with Gasteiger partial charge in [-0.25, -0.2) is 0 Å². The number of ether oxygens (including phenoxy) is 1. The first-order valence-electron chi connectivity index (χ1n) is 7.46. The lowest BCUT2D eigenvalue weighted by Gasteiger charge is -2.31. The van der Waals surface area contributed by atoms with Gasteiger partial charge in [0.05, 0.1) is 22.8 Å². The number of thioether (sulfide) groups is 1. The van der Waals surface area contributed by atoms with Crippen LogP contribution in [0.4, 0.5) is 5.69 Å². The van der Waals surface area contributed by atoms with E-state index in [-0.39, 0.29) is 28.9 Å². The molecule has 0 saturated carbocycles. The Hall–Kier alpha value is -2.02. The second-order valence-corrected chi connectivity index (χ2v) is 6.85. The molecule has 0 unspecified atom stereocenters. The first-order chi connectivity index (χ1) is 10.9. The molecule has 0 bridgehead atoms. The summed E-state index contributed by atoms with van der Waals surface area (Å²) in [4.78, 5) is 37.5. The zero-order valence-corrected chi connectivity index (χ0v) is 14.2. The van der Waals surface area contributed by atoms with Gasteiger partial charge in [0, 0.05) is 0 Å². The largest absolute Gasteiger partial charge is 0.492 e. The van der Waals surface area contributed by atoms with Crippen molar-refractivity contribution in [1.82, 2.24) is 4.90 Å². The predicted molar refractivity (Wildman–Crippen MR) is 89.5 cm³/mol. The first-order valence-corrected chi connectivity index (χ1v) is 8.40. The van der Waals surface area contributed by atoms with E-state index in [1.807, 2.05) is 6.92 Å². The summed E-state index contributed by atoms with van der Waals surface area (Å²) in [7, 11) is 0. The molecule has 2 atom stereocenters. The van der Waals surface area contributed by atoms with Crippen LogP contribution in [0.2, 0.25) is 0 Å². The van der Waals surface area contributed by atoms with Crippen LogP contribution in [0.5, 0.6) is 5.75 Å². The normalized spacial score (nSPS) is 21.3. The Morgan fingerprint density at radius 1 is 1.22 bits per heavy atom. The first kappa shape index (κ1) is 17.3. The van der Waals surface area contributed by atoms with Crippen LogP contribution in [0.15, 0.2) is 24.3 Å². The summed E-state index contributed by atoms with van der Waals surface area (Å²) in [5, 5.41) is 2.04. The number of nitrogens with zero attached hydrogens (tertiary/aromatic N) is 1. The van der Waals surface area contributed by atoms with E-state index in [0.717, 1.165) is 4.90 Å². The van der Waals surface area contributed by atoms with Crippen molar-refractivity contribution >= 4 is 35.2 Å². The lowest BCUT2D eigenvalue weighted by Crippen LogP contribution is -2.52. The predicted octanol–water partition coefficient (Wildman–Crippen LogP) is 1.90. The lowest BCUT2D eigenvalue weighted by atomic mass is 10.2. The summed E-state index contributed by atoms with van der Waals surface area (Å²) in [6, 6.07) is 7.04. The average molecular weight is 336 g/mol. The van der Waals surface area contributed by atoms with Gasteiger partial charge in [0.15, 0.2) is 0 Å². The highest BCUT2D eigenvalue weighted by atomic mass is 32.2. The Kier molecular flexibility index (Phi) is 5.65. The van der Waals surface area contributed by atoms with E-state index >= 15 is 0 Å². The number of carbonyl (C=O) groups is 3.